The molecule has 0 spiro atoms. The zero-order valence-electron chi connectivity index (χ0n) is 69.4. The highest BCUT2D eigenvalue weighted by Gasteiger charge is 2.31. The van der Waals surface area contributed by atoms with Gasteiger partial charge < -0.3 is 33.8 Å². The predicted molar refractivity (Wildman–Crippen MR) is 432 cm³/mol. The van der Waals surface area contributed by atoms with E-state index in [1.54, 1.807) is 0 Å². The third kappa shape index (κ3) is 77.2. The van der Waals surface area contributed by atoms with Gasteiger partial charge in [0.2, 0.25) is 0 Å². The van der Waals surface area contributed by atoms with Gasteiger partial charge in [0, 0.05) is 25.7 Å². The molecule has 0 fully saturated rings. The lowest BCUT2D eigenvalue weighted by atomic mass is 9.99. The molecule has 0 bridgehead atoms. The summed E-state index contributed by atoms with van der Waals surface area (Å²) in [7, 11) is -9.93. The molecule has 0 aliphatic heterocycles. The molecule has 4 unspecified atom stereocenters. The molecule has 7 atom stereocenters. The quantitative estimate of drug-likeness (QED) is 0.0222. The van der Waals surface area contributed by atoms with Crippen LogP contribution in [-0.4, -0.2) is 96.7 Å². The molecule has 0 amide bonds. The van der Waals surface area contributed by atoms with Crippen molar-refractivity contribution in [1.29, 1.82) is 0 Å². The summed E-state index contributed by atoms with van der Waals surface area (Å²) in [5, 5.41) is 10.7. The van der Waals surface area contributed by atoms with Gasteiger partial charge in [0.15, 0.2) is 12.2 Å². The number of esters is 4. The van der Waals surface area contributed by atoms with Gasteiger partial charge in [-0.15, -0.1) is 0 Å². The van der Waals surface area contributed by atoms with Crippen molar-refractivity contribution in [2.45, 2.75) is 465 Å². The average molecular weight is 1540 g/mol. The first-order chi connectivity index (χ1) is 50.7. The van der Waals surface area contributed by atoms with Crippen molar-refractivity contribution in [2.75, 3.05) is 39.6 Å². The fourth-order valence-corrected chi connectivity index (χ4v) is 14.8. The second-order valence-corrected chi connectivity index (χ2v) is 35.3. The highest BCUT2D eigenvalue weighted by molar-refractivity contribution is 7.47. The first-order valence-electron chi connectivity index (χ1n) is 44.3. The van der Waals surface area contributed by atoms with E-state index in [1.807, 2.05) is 0 Å². The van der Waals surface area contributed by atoms with Gasteiger partial charge in [-0.1, -0.05) is 396 Å². The Balaban J connectivity index is 5.21. The molecule has 3 N–H and O–H groups in total. The lowest BCUT2D eigenvalue weighted by Gasteiger charge is -2.21. The third-order valence-corrected chi connectivity index (χ3v) is 22.7. The van der Waals surface area contributed by atoms with Gasteiger partial charge in [0.1, 0.15) is 19.3 Å². The highest BCUT2D eigenvalue weighted by Crippen LogP contribution is 2.45. The maximum absolute atomic E-state index is 13.1. The number of rotatable bonds is 83. The summed E-state index contributed by atoms with van der Waals surface area (Å²) in [5.41, 5.74) is 0. The number of hydrogen-bond acceptors (Lipinski definition) is 15. The molecule has 0 aromatic heterocycles. The van der Waals surface area contributed by atoms with Crippen LogP contribution in [0.15, 0.2) is 0 Å². The summed E-state index contributed by atoms with van der Waals surface area (Å²) >= 11 is 0. The van der Waals surface area contributed by atoms with E-state index in [4.69, 9.17) is 37.0 Å². The van der Waals surface area contributed by atoms with E-state index in [0.717, 1.165) is 120 Å². The first-order valence-corrected chi connectivity index (χ1v) is 47.3. The Bertz CT molecular complexity index is 2050. The molecule has 0 aromatic rings. The van der Waals surface area contributed by atoms with Gasteiger partial charge in [-0.2, -0.15) is 0 Å². The molecule has 0 aliphatic rings. The Hall–Kier alpha value is -1.94. The van der Waals surface area contributed by atoms with Crippen LogP contribution >= 0.6 is 15.6 Å². The standard InChI is InChI=1S/C86H168O17P2/c1-9-78(7)64-56-48-40-34-28-21-17-13-11-12-14-18-22-30-36-42-52-60-69-86(91)103-82(73-97-84(89)67-59-51-45-44-49-57-65-79(8)10-2)75-101-105(94,95)99-71-80(87)70-98-104(92,93)100-74-81(72-96-83(88)66-58-50-41-35-29-25-24-27-33-39-47-55-63-77(5)6)102-85(90)68-61-53-43-37-31-23-19-15-16-20-26-32-38-46-54-62-76(3)4/h76-82,87H,9-75H2,1-8H3,(H,92,93)(H,94,95)/t78?,79?,80-,81-,82-/m1/s1. The van der Waals surface area contributed by atoms with Gasteiger partial charge >= 0.3 is 39.5 Å². The maximum Gasteiger partial charge on any atom is 0.472 e. The Morgan fingerprint density at radius 2 is 0.457 bits per heavy atom. The van der Waals surface area contributed by atoms with Gasteiger partial charge in [0.25, 0.3) is 0 Å². The van der Waals surface area contributed by atoms with Crippen molar-refractivity contribution in [3.63, 3.8) is 0 Å². The van der Waals surface area contributed by atoms with Crippen molar-refractivity contribution >= 4 is 39.5 Å². The van der Waals surface area contributed by atoms with E-state index in [0.29, 0.717) is 25.7 Å². The van der Waals surface area contributed by atoms with Crippen LogP contribution in [0.3, 0.4) is 0 Å². The largest absolute Gasteiger partial charge is 0.472 e. The number of unbranched alkanes of at least 4 members (excludes halogenated alkanes) is 47. The summed E-state index contributed by atoms with van der Waals surface area (Å²) in [6.07, 6.45) is 63.9. The minimum atomic E-state index is -4.97. The van der Waals surface area contributed by atoms with Crippen molar-refractivity contribution in [3.05, 3.63) is 0 Å². The number of phosphoric ester groups is 2. The number of ether oxygens (including phenoxy) is 4. The second-order valence-electron chi connectivity index (χ2n) is 32.4. The Morgan fingerprint density at radius 3 is 0.676 bits per heavy atom. The maximum atomic E-state index is 13.1. The second kappa shape index (κ2) is 74.8. The molecule has 624 valence electrons. The Morgan fingerprint density at radius 1 is 0.267 bits per heavy atom. The smallest absolute Gasteiger partial charge is 0.462 e. The normalized spacial score (nSPS) is 14.4. The van der Waals surface area contributed by atoms with Crippen LogP contribution in [0.2, 0.25) is 0 Å². The number of carbonyl (C=O) groups is 4. The number of aliphatic hydroxyl groups excluding tert-OH is 1. The fraction of sp³-hybridized carbons (Fsp3) is 0.953. The Kier molecular flexibility index (Phi) is 73.4. The molecule has 0 rings (SSSR count). The molecule has 0 aromatic carbocycles. The van der Waals surface area contributed by atoms with Crippen molar-refractivity contribution in [2.24, 2.45) is 23.7 Å². The van der Waals surface area contributed by atoms with Crippen LogP contribution in [0.5, 0.6) is 0 Å². The third-order valence-electron chi connectivity index (χ3n) is 20.8. The lowest BCUT2D eigenvalue weighted by molar-refractivity contribution is -0.161. The summed E-state index contributed by atoms with van der Waals surface area (Å²) < 4.78 is 68.9. The zero-order valence-corrected chi connectivity index (χ0v) is 71.2. The van der Waals surface area contributed by atoms with Crippen LogP contribution < -0.4 is 0 Å². The minimum Gasteiger partial charge on any atom is -0.462 e. The predicted octanol–water partition coefficient (Wildman–Crippen LogP) is 25.9. The van der Waals surface area contributed by atoms with E-state index >= 15 is 0 Å². The molecule has 19 heteroatoms. The van der Waals surface area contributed by atoms with Crippen LogP contribution in [-0.2, 0) is 65.4 Å². The van der Waals surface area contributed by atoms with Gasteiger partial charge in [-0.25, -0.2) is 9.13 Å². The molecule has 0 saturated carbocycles. The highest BCUT2D eigenvalue weighted by atomic mass is 31.2. The van der Waals surface area contributed by atoms with E-state index in [1.165, 1.54) is 244 Å². The minimum absolute atomic E-state index is 0.107. The summed E-state index contributed by atoms with van der Waals surface area (Å²) in [6, 6.07) is 0. The van der Waals surface area contributed by atoms with E-state index in [-0.39, 0.29) is 25.7 Å². The van der Waals surface area contributed by atoms with Crippen LogP contribution in [0.1, 0.15) is 447 Å². The Labute approximate surface area is 645 Å². The summed E-state index contributed by atoms with van der Waals surface area (Å²) in [5.74, 6) is 1.08. The fourth-order valence-electron chi connectivity index (χ4n) is 13.3. The molecular weight excluding hydrogens is 1370 g/mol. The van der Waals surface area contributed by atoms with Crippen molar-refractivity contribution in [1.82, 2.24) is 0 Å². The topological polar surface area (TPSA) is 237 Å². The molecule has 0 radical (unpaired) electrons. The summed E-state index contributed by atoms with van der Waals surface area (Å²) in [4.78, 5) is 73.2. The summed E-state index contributed by atoms with van der Waals surface area (Å²) in [6.45, 7) is 14.3. The zero-order chi connectivity index (χ0) is 77.4. The average Bonchev–Trinajstić information content (AvgIpc) is 0.909. The van der Waals surface area contributed by atoms with E-state index in [2.05, 4.69) is 55.4 Å². The molecule has 17 nitrogen and oxygen atoms in total. The van der Waals surface area contributed by atoms with Crippen LogP contribution in [0.4, 0.5) is 0 Å². The first kappa shape index (κ1) is 103. The van der Waals surface area contributed by atoms with E-state index in [9.17, 15) is 43.2 Å². The van der Waals surface area contributed by atoms with Gasteiger partial charge in [-0.3, -0.25) is 37.3 Å². The van der Waals surface area contributed by atoms with Crippen LogP contribution in [0, 0.1) is 23.7 Å². The monoisotopic (exact) mass is 1540 g/mol. The van der Waals surface area contributed by atoms with Gasteiger partial charge in [-0.05, 0) is 49.4 Å². The lowest BCUT2D eigenvalue weighted by Crippen LogP contribution is -2.30. The molecule has 105 heavy (non-hydrogen) atoms. The number of phosphoric acid groups is 2. The number of aliphatic hydroxyl groups is 1. The van der Waals surface area contributed by atoms with Gasteiger partial charge in [0.05, 0.1) is 26.4 Å². The molecular formula is C86H168O17P2. The van der Waals surface area contributed by atoms with E-state index < -0.39 is 97.5 Å². The number of carbonyl (C=O) groups excluding carboxylic acids is 4. The van der Waals surface area contributed by atoms with Crippen molar-refractivity contribution in [3.8, 4) is 0 Å². The molecule has 0 aliphatic carbocycles. The van der Waals surface area contributed by atoms with Crippen LogP contribution in [0.25, 0.3) is 0 Å². The van der Waals surface area contributed by atoms with Crippen molar-refractivity contribution < 1.29 is 80.2 Å². The number of hydrogen-bond donors (Lipinski definition) is 3. The SMILES string of the molecule is CCC(C)CCCCCCCCCCCCCCCCCCCCC(=O)O[C@H](COC(=O)CCCCCCCCC(C)CC)COP(=O)(O)OC[C@H](O)COP(=O)(O)OC[C@@H](COC(=O)CCCCCCCCCCCCCCC(C)C)OC(=O)CCCCCCCCCCCCCCCCCC(C)C. The molecule has 0 saturated heterocycles. The molecule has 0 heterocycles.